The van der Waals surface area contributed by atoms with Crippen LogP contribution in [0.15, 0.2) is 18.2 Å². The van der Waals surface area contributed by atoms with E-state index in [1.807, 2.05) is 0 Å². The molecule has 2 nitrogen and oxygen atoms in total. The van der Waals surface area contributed by atoms with Crippen LogP contribution in [0.2, 0.25) is 0 Å². The SMILES string of the molecule is CC(C)(C)N1C[C@@H](C#N)[C@H](c2cc(F)ccc2F)C1. The Balaban J connectivity index is 2.34. The van der Waals surface area contributed by atoms with Gasteiger partial charge in [-0.15, -0.1) is 0 Å². The zero-order valence-corrected chi connectivity index (χ0v) is 11.5. The van der Waals surface area contributed by atoms with Crippen LogP contribution in [0.1, 0.15) is 32.3 Å². The van der Waals surface area contributed by atoms with Gasteiger partial charge in [0.2, 0.25) is 0 Å². The lowest BCUT2D eigenvalue weighted by Crippen LogP contribution is -2.39. The predicted molar refractivity (Wildman–Crippen MR) is 69.5 cm³/mol. The molecule has 19 heavy (non-hydrogen) atoms. The van der Waals surface area contributed by atoms with Crippen molar-refractivity contribution in [3.05, 3.63) is 35.4 Å². The largest absolute Gasteiger partial charge is 0.297 e. The van der Waals surface area contributed by atoms with Crippen LogP contribution in [0.4, 0.5) is 8.78 Å². The van der Waals surface area contributed by atoms with E-state index in [4.69, 9.17) is 0 Å². The Kier molecular flexibility index (Phi) is 3.60. The molecular formula is C15H18F2N2. The Morgan fingerprint density at radius 2 is 1.95 bits per heavy atom. The minimum Gasteiger partial charge on any atom is -0.297 e. The number of nitrogens with zero attached hydrogens (tertiary/aromatic N) is 2. The molecule has 2 rings (SSSR count). The second-order valence-corrected chi connectivity index (χ2v) is 6.08. The summed E-state index contributed by atoms with van der Waals surface area (Å²) in [6.07, 6.45) is 0. The number of rotatable bonds is 1. The number of hydrogen-bond acceptors (Lipinski definition) is 2. The Morgan fingerprint density at radius 3 is 2.53 bits per heavy atom. The van der Waals surface area contributed by atoms with Crippen LogP contribution in [-0.4, -0.2) is 23.5 Å². The van der Waals surface area contributed by atoms with Crippen molar-refractivity contribution in [1.29, 1.82) is 5.26 Å². The van der Waals surface area contributed by atoms with Gasteiger partial charge in [0.15, 0.2) is 0 Å². The topological polar surface area (TPSA) is 27.0 Å². The molecule has 1 fully saturated rings. The Labute approximate surface area is 112 Å². The molecule has 0 aliphatic carbocycles. The quantitative estimate of drug-likeness (QED) is 0.778. The second kappa shape index (κ2) is 4.90. The number of halogens is 2. The van der Waals surface area contributed by atoms with Gasteiger partial charge >= 0.3 is 0 Å². The molecule has 1 aliphatic heterocycles. The summed E-state index contributed by atoms with van der Waals surface area (Å²) in [5.41, 5.74) is 0.242. The van der Waals surface area contributed by atoms with Crippen LogP contribution in [0, 0.1) is 28.9 Å². The molecule has 0 radical (unpaired) electrons. The third kappa shape index (κ3) is 2.76. The molecule has 0 unspecified atom stereocenters. The Bertz CT molecular complexity index is 514. The first-order chi connectivity index (χ1) is 8.82. The number of hydrogen-bond donors (Lipinski definition) is 0. The highest BCUT2D eigenvalue weighted by atomic mass is 19.1. The van der Waals surface area contributed by atoms with Gasteiger partial charge in [0.1, 0.15) is 11.6 Å². The maximum absolute atomic E-state index is 13.9. The average Bonchev–Trinajstić information content (AvgIpc) is 2.76. The van der Waals surface area contributed by atoms with E-state index in [1.54, 1.807) is 0 Å². The molecule has 4 heteroatoms. The number of likely N-dealkylation sites (tertiary alicyclic amines) is 1. The molecule has 0 amide bonds. The Morgan fingerprint density at radius 1 is 1.26 bits per heavy atom. The highest BCUT2D eigenvalue weighted by Crippen LogP contribution is 2.37. The molecule has 2 atom stereocenters. The van der Waals surface area contributed by atoms with E-state index >= 15 is 0 Å². The van der Waals surface area contributed by atoms with Crippen LogP contribution in [-0.2, 0) is 0 Å². The van der Waals surface area contributed by atoms with Gasteiger partial charge in [0.25, 0.3) is 0 Å². The van der Waals surface area contributed by atoms with Crippen molar-refractivity contribution >= 4 is 0 Å². The summed E-state index contributed by atoms with van der Waals surface area (Å²) in [5.74, 6) is -1.44. The predicted octanol–water partition coefficient (Wildman–Crippen LogP) is 3.30. The molecular weight excluding hydrogens is 246 g/mol. The van der Waals surface area contributed by atoms with Crippen LogP contribution in [0.3, 0.4) is 0 Å². The lowest BCUT2D eigenvalue weighted by atomic mass is 9.89. The fourth-order valence-electron chi connectivity index (χ4n) is 2.60. The molecule has 0 bridgehead atoms. The van der Waals surface area contributed by atoms with Crippen molar-refractivity contribution in [1.82, 2.24) is 4.90 Å². The van der Waals surface area contributed by atoms with E-state index in [-0.39, 0.29) is 17.4 Å². The van der Waals surface area contributed by atoms with E-state index < -0.39 is 11.6 Å². The molecule has 1 aliphatic rings. The van der Waals surface area contributed by atoms with Gasteiger partial charge in [0.05, 0.1) is 12.0 Å². The first-order valence-corrected chi connectivity index (χ1v) is 6.42. The van der Waals surface area contributed by atoms with E-state index in [1.165, 1.54) is 6.07 Å². The smallest absolute Gasteiger partial charge is 0.126 e. The number of benzene rings is 1. The maximum atomic E-state index is 13.9. The van der Waals surface area contributed by atoms with E-state index in [2.05, 4.69) is 31.7 Å². The molecule has 0 N–H and O–H groups in total. The molecule has 0 aromatic heterocycles. The summed E-state index contributed by atoms with van der Waals surface area (Å²) >= 11 is 0. The first kappa shape index (κ1) is 14.0. The third-order valence-corrected chi connectivity index (χ3v) is 3.79. The van der Waals surface area contributed by atoms with Gasteiger partial charge in [-0.05, 0) is 44.5 Å². The van der Waals surface area contributed by atoms with Crippen molar-refractivity contribution < 1.29 is 8.78 Å². The standard InChI is InChI=1S/C15H18F2N2/c1-15(2,3)19-8-10(7-18)13(9-19)12-6-11(16)4-5-14(12)17/h4-6,10,13H,8-9H2,1-3H3/t10-,13-/m1/s1. The lowest BCUT2D eigenvalue weighted by molar-refractivity contribution is 0.170. The third-order valence-electron chi connectivity index (χ3n) is 3.79. The number of nitriles is 1. The molecule has 0 spiro atoms. The summed E-state index contributed by atoms with van der Waals surface area (Å²) in [7, 11) is 0. The van der Waals surface area contributed by atoms with Gasteiger partial charge < -0.3 is 0 Å². The van der Waals surface area contributed by atoms with Crippen molar-refractivity contribution in [2.45, 2.75) is 32.2 Å². The van der Waals surface area contributed by atoms with Crippen molar-refractivity contribution in [2.75, 3.05) is 13.1 Å². The molecule has 1 heterocycles. The maximum Gasteiger partial charge on any atom is 0.126 e. The van der Waals surface area contributed by atoms with Gasteiger partial charge in [0, 0.05) is 24.5 Å². The molecule has 1 aromatic rings. The lowest BCUT2D eigenvalue weighted by Gasteiger charge is -2.31. The fraction of sp³-hybridized carbons (Fsp3) is 0.533. The minimum absolute atomic E-state index is 0.0757. The van der Waals surface area contributed by atoms with E-state index in [9.17, 15) is 14.0 Å². The zero-order chi connectivity index (χ0) is 14.2. The molecule has 102 valence electrons. The molecule has 1 aromatic carbocycles. The molecule has 1 saturated heterocycles. The van der Waals surface area contributed by atoms with Crippen LogP contribution in [0.25, 0.3) is 0 Å². The summed E-state index contributed by atoms with van der Waals surface area (Å²) < 4.78 is 27.2. The monoisotopic (exact) mass is 264 g/mol. The van der Waals surface area contributed by atoms with Crippen LogP contribution < -0.4 is 0 Å². The van der Waals surface area contributed by atoms with Crippen molar-refractivity contribution in [2.24, 2.45) is 5.92 Å². The van der Waals surface area contributed by atoms with Crippen LogP contribution >= 0.6 is 0 Å². The van der Waals surface area contributed by atoms with E-state index in [0.717, 1.165) is 12.1 Å². The summed E-state index contributed by atoms with van der Waals surface area (Å²) in [6.45, 7) is 7.37. The highest BCUT2D eigenvalue weighted by Gasteiger charge is 2.39. The van der Waals surface area contributed by atoms with Gasteiger partial charge in [-0.2, -0.15) is 5.26 Å². The van der Waals surface area contributed by atoms with Crippen molar-refractivity contribution in [3.8, 4) is 6.07 Å². The van der Waals surface area contributed by atoms with E-state index in [0.29, 0.717) is 18.7 Å². The molecule has 0 saturated carbocycles. The normalized spacial score (nSPS) is 24.4. The minimum atomic E-state index is -0.456. The zero-order valence-electron chi connectivity index (χ0n) is 11.5. The second-order valence-electron chi connectivity index (χ2n) is 6.08. The van der Waals surface area contributed by atoms with Crippen molar-refractivity contribution in [3.63, 3.8) is 0 Å². The van der Waals surface area contributed by atoms with Gasteiger partial charge in [-0.3, -0.25) is 4.90 Å². The van der Waals surface area contributed by atoms with Gasteiger partial charge in [-0.25, -0.2) is 8.78 Å². The van der Waals surface area contributed by atoms with Crippen LogP contribution in [0.5, 0.6) is 0 Å². The highest BCUT2D eigenvalue weighted by molar-refractivity contribution is 5.27. The summed E-state index contributed by atoms with van der Waals surface area (Å²) in [4.78, 5) is 2.15. The fourth-order valence-corrected chi connectivity index (χ4v) is 2.60. The Hall–Kier alpha value is -1.47. The first-order valence-electron chi connectivity index (χ1n) is 6.42. The average molecular weight is 264 g/mol. The van der Waals surface area contributed by atoms with Gasteiger partial charge in [-0.1, -0.05) is 0 Å². The summed E-state index contributed by atoms with van der Waals surface area (Å²) in [5, 5.41) is 9.25. The summed E-state index contributed by atoms with van der Waals surface area (Å²) in [6, 6.07) is 5.69.